The Morgan fingerprint density at radius 1 is 1.47 bits per heavy atom. The predicted molar refractivity (Wildman–Crippen MR) is 71.1 cm³/mol. The summed E-state index contributed by atoms with van der Waals surface area (Å²) in [5.74, 6) is -0.326. The Kier molecular flexibility index (Phi) is 5.23. The monoisotopic (exact) mass is 252 g/mol. The van der Waals surface area contributed by atoms with Crippen molar-refractivity contribution in [1.82, 2.24) is 0 Å². The van der Waals surface area contributed by atoms with Crippen LogP contribution in [0, 0.1) is 6.92 Å². The molecule has 0 N–H and O–H groups in total. The van der Waals surface area contributed by atoms with E-state index < -0.39 is 0 Å². The zero-order valence-electron chi connectivity index (χ0n) is 10.4. The summed E-state index contributed by atoms with van der Waals surface area (Å²) in [6.07, 6.45) is 3.34. The van der Waals surface area contributed by atoms with Crippen molar-refractivity contribution in [3.8, 4) is 0 Å². The van der Waals surface area contributed by atoms with Crippen molar-refractivity contribution in [2.75, 3.05) is 7.11 Å². The van der Waals surface area contributed by atoms with Gasteiger partial charge in [0.2, 0.25) is 0 Å². The molecule has 0 aromatic heterocycles. The van der Waals surface area contributed by atoms with E-state index in [-0.39, 0.29) is 5.97 Å². The maximum Gasteiger partial charge on any atom is 0.330 e. The number of hydrogen-bond acceptors (Lipinski definition) is 2. The zero-order chi connectivity index (χ0) is 12.8. The molecule has 1 rings (SSSR count). The summed E-state index contributed by atoms with van der Waals surface area (Å²) in [4.78, 5) is 11.3. The predicted octanol–water partition coefficient (Wildman–Crippen LogP) is 4.00. The van der Waals surface area contributed by atoms with Crippen molar-refractivity contribution in [2.45, 2.75) is 26.7 Å². The van der Waals surface area contributed by atoms with Gasteiger partial charge in [0.1, 0.15) is 0 Å². The van der Waals surface area contributed by atoms with Crippen LogP contribution in [0.25, 0.3) is 5.57 Å². The highest BCUT2D eigenvalue weighted by molar-refractivity contribution is 6.31. The molecule has 0 aliphatic heterocycles. The number of carbonyl (C=O) groups is 1. The Bertz CT molecular complexity index is 436. The van der Waals surface area contributed by atoms with Crippen LogP contribution < -0.4 is 0 Å². The van der Waals surface area contributed by atoms with Gasteiger partial charge < -0.3 is 4.74 Å². The zero-order valence-corrected chi connectivity index (χ0v) is 11.2. The first kappa shape index (κ1) is 13.8. The van der Waals surface area contributed by atoms with Crippen LogP contribution in [0.5, 0.6) is 0 Å². The molecule has 0 atom stereocenters. The van der Waals surface area contributed by atoms with Crippen molar-refractivity contribution in [2.24, 2.45) is 0 Å². The van der Waals surface area contributed by atoms with Gasteiger partial charge in [-0.05, 0) is 36.1 Å². The van der Waals surface area contributed by atoms with E-state index >= 15 is 0 Å². The van der Waals surface area contributed by atoms with Crippen LogP contribution in [0.1, 0.15) is 30.9 Å². The van der Waals surface area contributed by atoms with Crippen LogP contribution in [0.2, 0.25) is 5.02 Å². The molecule has 17 heavy (non-hydrogen) atoms. The van der Waals surface area contributed by atoms with E-state index in [4.69, 9.17) is 11.6 Å². The van der Waals surface area contributed by atoms with E-state index in [0.29, 0.717) is 0 Å². The lowest BCUT2D eigenvalue weighted by atomic mass is 9.97. The number of ether oxygens (including phenoxy) is 1. The van der Waals surface area contributed by atoms with E-state index in [1.54, 1.807) is 6.08 Å². The molecule has 0 saturated carbocycles. The van der Waals surface area contributed by atoms with Crippen molar-refractivity contribution in [3.05, 3.63) is 40.4 Å². The van der Waals surface area contributed by atoms with Gasteiger partial charge in [-0.2, -0.15) is 0 Å². The SMILES string of the molecule is CCCC(=CC(=O)OC)c1cccc(Cl)c1C. The van der Waals surface area contributed by atoms with Gasteiger partial charge in [0.15, 0.2) is 0 Å². The highest BCUT2D eigenvalue weighted by Gasteiger charge is 2.09. The Morgan fingerprint density at radius 2 is 2.18 bits per heavy atom. The maximum absolute atomic E-state index is 11.3. The number of methoxy groups -OCH3 is 1. The fraction of sp³-hybridized carbons (Fsp3) is 0.357. The fourth-order valence-corrected chi connectivity index (χ4v) is 1.88. The Hall–Kier alpha value is -1.28. The van der Waals surface area contributed by atoms with Crippen molar-refractivity contribution in [3.63, 3.8) is 0 Å². The van der Waals surface area contributed by atoms with Crippen molar-refractivity contribution >= 4 is 23.1 Å². The molecule has 0 aliphatic carbocycles. The second-order valence-electron chi connectivity index (χ2n) is 3.86. The van der Waals surface area contributed by atoms with Crippen LogP contribution in [0.3, 0.4) is 0 Å². The standard InChI is InChI=1S/C14H17ClO2/c1-4-6-11(9-14(16)17-3)12-7-5-8-13(15)10(12)2/h5,7-9H,4,6H2,1-3H3. The van der Waals surface area contributed by atoms with Crippen LogP contribution in [-0.2, 0) is 9.53 Å². The van der Waals surface area contributed by atoms with E-state index in [1.807, 2.05) is 25.1 Å². The second-order valence-corrected chi connectivity index (χ2v) is 4.26. The van der Waals surface area contributed by atoms with Crippen molar-refractivity contribution in [1.29, 1.82) is 0 Å². The van der Waals surface area contributed by atoms with E-state index in [2.05, 4.69) is 11.7 Å². The molecule has 0 bridgehead atoms. The summed E-state index contributed by atoms with van der Waals surface area (Å²) in [5, 5.41) is 0.717. The van der Waals surface area contributed by atoms with Crippen LogP contribution >= 0.6 is 11.6 Å². The average Bonchev–Trinajstić information content (AvgIpc) is 2.32. The molecule has 1 aromatic carbocycles. The van der Waals surface area contributed by atoms with Gasteiger partial charge >= 0.3 is 5.97 Å². The summed E-state index contributed by atoms with van der Waals surface area (Å²) >= 11 is 6.09. The van der Waals surface area contributed by atoms with Gasteiger partial charge in [0, 0.05) is 11.1 Å². The summed E-state index contributed by atoms with van der Waals surface area (Å²) in [6, 6.07) is 5.72. The van der Waals surface area contributed by atoms with Gasteiger partial charge in [0.25, 0.3) is 0 Å². The quantitative estimate of drug-likeness (QED) is 0.598. The third-order valence-electron chi connectivity index (χ3n) is 2.63. The highest BCUT2D eigenvalue weighted by Crippen LogP contribution is 2.27. The minimum absolute atomic E-state index is 0.326. The molecule has 1 aromatic rings. The first-order valence-corrected chi connectivity index (χ1v) is 6.02. The van der Waals surface area contributed by atoms with Gasteiger partial charge in [-0.3, -0.25) is 0 Å². The molecule has 0 radical (unpaired) electrons. The Labute approximate surface area is 107 Å². The summed E-state index contributed by atoms with van der Waals surface area (Å²) < 4.78 is 4.67. The van der Waals surface area contributed by atoms with Crippen molar-refractivity contribution < 1.29 is 9.53 Å². The van der Waals surface area contributed by atoms with Crippen LogP contribution in [-0.4, -0.2) is 13.1 Å². The molecule has 0 saturated heterocycles. The third kappa shape index (κ3) is 3.60. The Morgan fingerprint density at radius 3 is 2.76 bits per heavy atom. The topological polar surface area (TPSA) is 26.3 Å². The molecule has 0 spiro atoms. The number of carbonyl (C=O) groups excluding carboxylic acids is 1. The summed E-state index contributed by atoms with van der Waals surface area (Å²) in [5.41, 5.74) is 2.99. The first-order chi connectivity index (χ1) is 8.10. The molecule has 3 heteroatoms. The van der Waals surface area contributed by atoms with Crippen LogP contribution in [0.4, 0.5) is 0 Å². The lowest BCUT2D eigenvalue weighted by Crippen LogP contribution is -1.98. The molecule has 92 valence electrons. The summed E-state index contributed by atoms with van der Waals surface area (Å²) in [7, 11) is 1.38. The molecular formula is C14H17ClO2. The number of halogens is 1. The number of benzene rings is 1. The smallest absolute Gasteiger partial charge is 0.330 e. The van der Waals surface area contributed by atoms with E-state index in [1.165, 1.54) is 7.11 Å². The third-order valence-corrected chi connectivity index (χ3v) is 3.04. The normalized spacial score (nSPS) is 11.4. The van der Waals surface area contributed by atoms with Gasteiger partial charge in [-0.1, -0.05) is 37.1 Å². The minimum atomic E-state index is -0.326. The van der Waals surface area contributed by atoms with Crippen LogP contribution in [0.15, 0.2) is 24.3 Å². The molecule has 0 heterocycles. The highest BCUT2D eigenvalue weighted by atomic mass is 35.5. The fourth-order valence-electron chi connectivity index (χ4n) is 1.71. The molecule has 0 aliphatic rings. The van der Waals surface area contributed by atoms with Gasteiger partial charge in [-0.15, -0.1) is 0 Å². The van der Waals surface area contributed by atoms with Gasteiger partial charge in [-0.25, -0.2) is 4.79 Å². The van der Waals surface area contributed by atoms with E-state index in [9.17, 15) is 4.79 Å². The largest absolute Gasteiger partial charge is 0.466 e. The van der Waals surface area contributed by atoms with Gasteiger partial charge in [0.05, 0.1) is 7.11 Å². The molecule has 0 unspecified atom stereocenters. The number of rotatable bonds is 4. The minimum Gasteiger partial charge on any atom is -0.466 e. The maximum atomic E-state index is 11.3. The average molecular weight is 253 g/mol. The summed E-state index contributed by atoms with van der Waals surface area (Å²) in [6.45, 7) is 4.03. The molecule has 2 nitrogen and oxygen atoms in total. The number of allylic oxidation sites excluding steroid dienone is 1. The van der Waals surface area contributed by atoms with E-state index in [0.717, 1.165) is 34.6 Å². The lowest BCUT2D eigenvalue weighted by molar-refractivity contribution is -0.134. The first-order valence-electron chi connectivity index (χ1n) is 5.64. The lowest BCUT2D eigenvalue weighted by Gasteiger charge is -2.11. The number of esters is 1. The second kappa shape index (κ2) is 6.45. The number of hydrogen-bond donors (Lipinski definition) is 0. The molecular weight excluding hydrogens is 236 g/mol. The Balaban J connectivity index is 3.18. The molecule has 0 fully saturated rings. The molecule has 0 amide bonds.